The van der Waals surface area contributed by atoms with Gasteiger partial charge in [-0.15, -0.1) is 0 Å². The zero-order valence-electron chi connectivity index (χ0n) is 16.6. The van der Waals surface area contributed by atoms with E-state index in [1.54, 1.807) is 48.5 Å². The standard InChI is InChI=1S/C22H22N2O5S/c1-3-29-21-10-5-4-9-20(21)23-22(25)16-7-6-8-17(15-16)24-30(26,27)19-13-11-18(28-2)12-14-19/h4-15,24H,3H2,1-2H3,(H,23,25). The summed E-state index contributed by atoms with van der Waals surface area (Å²) in [5.41, 5.74) is 1.11. The normalized spacial score (nSPS) is 10.9. The summed E-state index contributed by atoms with van der Waals surface area (Å²) >= 11 is 0. The summed E-state index contributed by atoms with van der Waals surface area (Å²) in [4.78, 5) is 12.8. The summed E-state index contributed by atoms with van der Waals surface area (Å²) in [6.45, 7) is 2.33. The van der Waals surface area contributed by atoms with E-state index in [0.29, 0.717) is 29.4 Å². The Morgan fingerprint density at radius 3 is 2.40 bits per heavy atom. The van der Waals surface area contributed by atoms with Crippen LogP contribution in [0.2, 0.25) is 0 Å². The molecule has 3 aromatic carbocycles. The molecular formula is C22H22N2O5S. The maximum Gasteiger partial charge on any atom is 0.261 e. The Kier molecular flexibility index (Phi) is 6.58. The molecule has 0 aromatic heterocycles. The van der Waals surface area contributed by atoms with Gasteiger partial charge in [0.05, 0.1) is 24.3 Å². The van der Waals surface area contributed by atoms with Crippen molar-refractivity contribution in [3.63, 3.8) is 0 Å². The number of carbonyl (C=O) groups excluding carboxylic acids is 1. The molecule has 0 aliphatic heterocycles. The Morgan fingerprint density at radius 1 is 0.967 bits per heavy atom. The van der Waals surface area contributed by atoms with Gasteiger partial charge in [0.15, 0.2) is 0 Å². The minimum absolute atomic E-state index is 0.0868. The van der Waals surface area contributed by atoms with Crippen LogP contribution in [0, 0.1) is 0 Å². The quantitative estimate of drug-likeness (QED) is 0.564. The van der Waals surface area contributed by atoms with E-state index in [1.165, 1.54) is 25.3 Å². The van der Waals surface area contributed by atoms with Crippen LogP contribution in [0.25, 0.3) is 0 Å². The molecule has 0 aliphatic carbocycles. The van der Waals surface area contributed by atoms with Crippen molar-refractivity contribution in [1.29, 1.82) is 0 Å². The van der Waals surface area contributed by atoms with Crippen LogP contribution in [-0.4, -0.2) is 28.0 Å². The summed E-state index contributed by atoms with van der Waals surface area (Å²) in [7, 11) is -2.31. The largest absolute Gasteiger partial charge is 0.497 e. The van der Waals surface area contributed by atoms with E-state index in [4.69, 9.17) is 9.47 Å². The van der Waals surface area contributed by atoms with Crippen molar-refractivity contribution in [3.05, 3.63) is 78.4 Å². The van der Waals surface area contributed by atoms with Crippen LogP contribution in [0.15, 0.2) is 77.7 Å². The van der Waals surface area contributed by atoms with Crippen LogP contribution in [0.1, 0.15) is 17.3 Å². The fourth-order valence-corrected chi connectivity index (χ4v) is 3.79. The first-order valence-corrected chi connectivity index (χ1v) is 10.7. The summed E-state index contributed by atoms with van der Waals surface area (Å²) in [5.74, 6) is 0.734. The summed E-state index contributed by atoms with van der Waals surface area (Å²) in [5, 5.41) is 2.79. The highest BCUT2D eigenvalue weighted by molar-refractivity contribution is 7.92. The highest BCUT2D eigenvalue weighted by Gasteiger charge is 2.16. The molecule has 0 unspecified atom stereocenters. The van der Waals surface area contributed by atoms with Gasteiger partial charge < -0.3 is 14.8 Å². The van der Waals surface area contributed by atoms with E-state index in [0.717, 1.165) is 0 Å². The smallest absolute Gasteiger partial charge is 0.261 e. The van der Waals surface area contributed by atoms with Crippen LogP contribution in [0.5, 0.6) is 11.5 Å². The summed E-state index contributed by atoms with van der Waals surface area (Å²) < 4.78 is 38.3. The molecule has 30 heavy (non-hydrogen) atoms. The molecule has 8 heteroatoms. The van der Waals surface area contributed by atoms with Crippen molar-refractivity contribution >= 4 is 27.3 Å². The van der Waals surface area contributed by atoms with Gasteiger partial charge in [-0.25, -0.2) is 8.42 Å². The third-order valence-corrected chi connectivity index (χ3v) is 5.58. The van der Waals surface area contributed by atoms with E-state index in [2.05, 4.69) is 10.0 Å². The highest BCUT2D eigenvalue weighted by atomic mass is 32.2. The average Bonchev–Trinajstić information content (AvgIpc) is 2.75. The molecule has 7 nitrogen and oxygen atoms in total. The van der Waals surface area contributed by atoms with E-state index < -0.39 is 10.0 Å². The minimum Gasteiger partial charge on any atom is -0.497 e. The molecule has 3 aromatic rings. The van der Waals surface area contributed by atoms with Crippen LogP contribution < -0.4 is 19.5 Å². The Morgan fingerprint density at radius 2 is 1.70 bits per heavy atom. The number of benzene rings is 3. The minimum atomic E-state index is -3.81. The first-order chi connectivity index (χ1) is 14.4. The molecule has 156 valence electrons. The van der Waals surface area contributed by atoms with Crippen molar-refractivity contribution in [2.45, 2.75) is 11.8 Å². The molecule has 0 radical (unpaired) electrons. The second-order valence-electron chi connectivity index (χ2n) is 6.25. The molecule has 0 spiro atoms. The van der Waals surface area contributed by atoms with Crippen LogP contribution in [0.3, 0.4) is 0 Å². The number of rotatable bonds is 8. The maximum absolute atomic E-state index is 12.7. The first kappa shape index (κ1) is 21.2. The van der Waals surface area contributed by atoms with Crippen molar-refractivity contribution in [2.24, 2.45) is 0 Å². The van der Waals surface area contributed by atoms with Gasteiger partial charge in [0.1, 0.15) is 11.5 Å². The number of sulfonamides is 1. The van der Waals surface area contributed by atoms with Crippen LogP contribution in [0.4, 0.5) is 11.4 Å². The lowest BCUT2D eigenvalue weighted by atomic mass is 10.2. The number of amides is 1. The number of hydrogen-bond acceptors (Lipinski definition) is 5. The van der Waals surface area contributed by atoms with Gasteiger partial charge in [-0.1, -0.05) is 18.2 Å². The van der Waals surface area contributed by atoms with Gasteiger partial charge in [-0.3, -0.25) is 9.52 Å². The van der Waals surface area contributed by atoms with E-state index in [9.17, 15) is 13.2 Å². The second kappa shape index (κ2) is 9.32. The highest BCUT2D eigenvalue weighted by Crippen LogP contribution is 2.25. The van der Waals surface area contributed by atoms with Crippen LogP contribution in [-0.2, 0) is 10.0 Å². The molecule has 2 N–H and O–H groups in total. The Labute approximate surface area is 175 Å². The molecule has 0 aliphatic rings. The Bertz CT molecular complexity index is 1130. The predicted molar refractivity (Wildman–Crippen MR) is 116 cm³/mol. The average molecular weight is 426 g/mol. The molecule has 0 saturated carbocycles. The molecule has 0 fully saturated rings. The van der Waals surface area contributed by atoms with Gasteiger partial charge >= 0.3 is 0 Å². The first-order valence-electron chi connectivity index (χ1n) is 9.23. The summed E-state index contributed by atoms with van der Waals surface area (Å²) in [6, 6.07) is 19.4. The Hall–Kier alpha value is -3.52. The monoisotopic (exact) mass is 426 g/mol. The number of nitrogens with one attached hydrogen (secondary N) is 2. The van der Waals surface area contributed by atoms with Gasteiger partial charge in [0, 0.05) is 11.3 Å². The number of hydrogen-bond donors (Lipinski definition) is 2. The fourth-order valence-electron chi connectivity index (χ4n) is 2.74. The van der Waals surface area contributed by atoms with Crippen molar-refractivity contribution in [1.82, 2.24) is 0 Å². The topological polar surface area (TPSA) is 93.7 Å². The second-order valence-corrected chi connectivity index (χ2v) is 7.93. The Balaban J connectivity index is 1.78. The third-order valence-electron chi connectivity index (χ3n) is 4.18. The van der Waals surface area contributed by atoms with E-state index >= 15 is 0 Å². The molecule has 0 saturated heterocycles. The molecule has 0 atom stereocenters. The molecule has 0 heterocycles. The predicted octanol–water partition coefficient (Wildman–Crippen LogP) is 4.15. The van der Waals surface area contributed by atoms with Gasteiger partial charge in [0.2, 0.25) is 0 Å². The van der Waals surface area contributed by atoms with Crippen molar-refractivity contribution in [3.8, 4) is 11.5 Å². The number of ether oxygens (including phenoxy) is 2. The van der Waals surface area contributed by atoms with Gasteiger partial charge in [0.25, 0.3) is 15.9 Å². The van der Waals surface area contributed by atoms with Crippen molar-refractivity contribution in [2.75, 3.05) is 23.8 Å². The number of anilines is 2. The van der Waals surface area contributed by atoms with Gasteiger partial charge in [-0.2, -0.15) is 0 Å². The maximum atomic E-state index is 12.7. The SMILES string of the molecule is CCOc1ccccc1NC(=O)c1cccc(NS(=O)(=O)c2ccc(OC)cc2)c1. The van der Waals surface area contributed by atoms with Crippen molar-refractivity contribution < 1.29 is 22.7 Å². The lowest BCUT2D eigenvalue weighted by Gasteiger charge is -2.12. The fraction of sp³-hybridized carbons (Fsp3) is 0.136. The lowest BCUT2D eigenvalue weighted by Crippen LogP contribution is -2.15. The summed E-state index contributed by atoms with van der Waals surface area (Å²) in [6.07, 6.45) is 0. The lowest BCUT2D eigenvalue weighted by molar-refractivity contribution is 0.102. The van der Waals surface area contributed by atoms with Crippen LogP contribution >= 0.6 is 0 Å². The molecular weight excluding hydrogens is 404 g/mol. The molecule has 3 rings (SSSR count). The molecule has 1 amide bonds. The number of carbonyl (C=O) groups is 1. The zero-order chi connectivity index (χ0) is 21.6. The molecule has 0 bridgehead atoms. The van der Waals surface area contributed by atoms with E-state index in [1.807, 2.05) is 13.0 Å². The van der Waals surface area contributed by atoms with E-state index in [-0.39, 0.29) is 16.5 Å². The van der Waals surface area contributed by atoms with Gasteiger partial charge in [-0.05, 0) is 61.5 Å². The third kappa shape index (κ3) is 5.09. The number of methoxy groups -OCH3 is 1. The number of para-hydroxylation sites is 2. The zero-order valence-corrected chi connectivity index (χ0v) is 17.4.